The highest BCUT2D eigenvalue weighted by Gasteiger charge is 2.22. The topological polar surface area (TPSA) is 51.3 Å². The summed E-state index contributed by atoms with van der Waals surface area (Å²) in [5.41, 5.74) is 2.35. The molecule has 1 aromatic carbocycles. The molecule has 0 saturated carbocycles. The van der Waals surface area contributed by atoms with Gasteiger partial charge in [0.2, 0.25) is 0 Å². The smallest absolute Gasteiger partial charge is 0.0629 e. The van der Waals surface area contributed by atoms with E-state index in [1.54, 1.807) is 0 Å². The van der Waals surface area contributed by atoms with E-state index in [0.717, 1.165) is 38.1 Å². The fraction of sp³-hybridized carbons (Fsp3) is 0.467. The molecule has 2 aromatic rings. The highest BCUT2D eigenvalue weighted by molar-refractivity contribution is 5.83. The molecular weight excluding hydrogens is 238 g/mol. The molecule has 0 amide bonds. The monoisotopic (exact) mass is 259 g/mol. The van der Waals surface area contributed by atoms with Crippen molar-refractivity contribution in [1.82, 2.24) is 15.2 Å². The van der Waals surface area contributed by atoms with Crippen LogP contribution in [0.3, 0.4) is 0 Å². The van der Waals surface area contributed by atoms with Crippen molar-refractivity contribution in [2.75, 3.05) is 32.8 Å². The zero-order chi connectivity index (χ0) is 13.1. The number of rotatable bonds is 3. The van der Waals surface area contributed by atoms with Gasteiger partial charge in [0.15, 0.2) is 0 Å². The summed E-state index contributed by atoms with van der Waals surface area (Å²) in [4.78, 5) is 5.69. The molecule has 1 saturated heterocycles. The lowest BCUT2D eigenvalue weighted by atomic mass is 10.0. The lowest BCUT2D eigenvalue weighted by Crippen LogP contribution is -2.34. The number of nitrogens with one attached hydrogen (secondary N) is 2. The average molecular weight is 259 g/mol. The number of aliphatic hydroxyl groups excluding tert-OH is 1. The van der Waals surface area contributed by atoms with Gasteiger partial charge in [-0.15, -0.1) is 0 Å². The highest BCUT2D eigenvalue weighted by Crippen LogP contribution is 2.28. The van der Waals surface area contributed by atoms with Crippen LogP contribution in [0.4, 0.5) is 0 Å². The molecule has 0 radical (unpaired) electrons. The van der Waals surface area contributed by atoms with Gasteiger partial charge in [-0.05, 0) is 24.6 Å². The van der Waals surface area contributed by atoms with Crippen LogP contribution in [0.5, 0.6) is 0 Å². The third-order valence-electron chi connectivity index (χ3n) is 3.97. The molecule has 4 nitrogen and oxygen atoms in total. The first-order chi connectivity index (χ1) is 9.40. The normalized spacial score (nSPS) is 19.4. The molecular formula is C15H21N3O. The molecule has 3 N–H and O–H groups in total. The van der Waals surface area contributed by atoms with Crippen molar-refractivity contribution in [2.45, 2.75) is 12.5 Å². The van der Waals surface area contributed by atoms with Crippen LogP contribution >= 0.6 is 0 Å². The van der Waals surface area contributed by atoms with Crippen LogP contribution in [-0.4, -0.2) is 47.8 Å². The van der Waals surface area contributed by atoms with Crippen LogP contribution in [0.15, 0.2) is 30.5 Å². The van der Waals surface area contributed by atoms with Crippen molar-refractivity contribution in [2.24, 2.45) is 0 Å². The van der Waals surface area contributed by atoms with Crippen molar-refractivity contribution in [3.8, 4) is 0 Å². The second-order valence-corrected chi connectivity index (χ2v) is 5.13. The Kier molecular flexibility index (Phi) is 3.82. The highest BCUT2D eigenvalue weighted by atomic mass is 16.3. The SMILES string of the molecule is OCC(c1c[nH]c2ccccc12)N1CCCNCC1. The Hall–Kier alpha value is -1.36. The number of hydrogen-bond acceptors (Lipinski definition) is 3. The number of para-hydroxylation sites is 1. The quantitative estimate of drug-likeness (QED) is 0.783. The minimum absolute atomic E-state index is 0.0936. The third-order valence-corrected chi connectivity index (χ3v) is 3.97. The molecule has 1 aromatic heterocycles. The molecule has 0 spiro atoms. The van der Waals surface area contributed by atoms with E-state index in [2.05, 4.69) is 33.4 Å². The summed E-state index contributed by atoms with van der Waals surface area (Å²) in [6.07, 6.45) is 3.18. The van der Waals surface area contributed by atoms with Gasteiger partial charge in [0, 0.05) is 36.7 Å². The van der Waals surface area contributed by atoms with Crippen LogP contribution in [0.2, 0.25) is 0 Å². The Bertz CT molecular complexity index is 529. The van der Waals surface area contributed by atoms with E-state index in [4.69, 9.17) is 0 Å². The van der Waals surface area contributed by atoms with Gasteiger partial charge in [0.25, 0.3) is 0 Å². The Morgan fingerprint density at radius 3 is 3.00 bits per heavy atom. The number of aromatic amines is 1. The van der Waals surface area contributed by atoms with Gasteiger partial charge in [-0.25, -0.2) is 0 Å². The Morgan fingerprint density at radius 1 is 1.21 bits per heavy atom. The molecule has 4 heteroatoms. The van der Waals surface area contributed by atoms with Crippen LogP contribution in [-0.2, 0) is 0 Å². The van der Waals surface area contributed by atoms with Crippen molar-refractivity contribution >= 4 is 10.9 Å². The summed E-state index contributed by atoms with van der Waals surface area (Å²) >= 11 is 0. The molecule has 3 rings (SSSR count). The van der Waals surface area contributed by atoms with E-state index in [1.807, 2.05) is 12.3 Å². The largest absolute Gasteiger partial charge is 0.394 e. The van der Waals surface area contributed by atoms with Gasteiger partial charge in [-0.3, -0.25) is 4.90 Å². The first-order valence-corrected chi connectivity index (χ1v) is 7.02. The van der Waals surface area contributed by atoms with Gasteiger partial charge >= 0.3 is 0 Å². The molecule has 102 valence electrons. The van der Waals surface area contributed by atoms with Crippen LogP contribution in [0.25, 0.3) is 10.9 Å². The Balaban J connectivity index is 1.92. The van der Waals surface area contributed by atoms with E-state index < -0.39 is 0 Å². The fourth-order valence-electron chi connectivity index (χ4n) is 2.96. The van der Waals surface area contributed by atoms with Gasteiger partial charge in [-0.1, -0.05) is 18.2 Å². The summed E-state index contributed by atoms with van der Waals surface area (Å²) in [5.74, 6) is 0. The first kappa shape index (κ1) is 12.7. The maximum Gasteiger partial charge on any atom is 0.0629 e. The number of fused-ring (bicyclic) bond motifs is 1. The molecule has 19 heavy (non-hydrogen) atoms. The molecule has 1 unspecified atom stereocenters. The Morgan fingerprint density at radius 2 is 2.11 bits per heavy atom. The first-order valence-electron chi connectivity index (χ1n) is 7.02. The van der Waals surface area contributed by atoms with E-state index in [-0.39, 0.29) is 12.6 Å². The van der Waals surface area contributed by atoms with Gasteiger partial charge in [0.1, 0.15) is 0 Å². The van der Waals surface area contributed by atoms with E-state index in [9.17, 15) is 5.11 Å². The third kappa shape index (κ3) is 2.52. The molecule has 1 fully saturated rings. The Labute approximate surface area is 113 Å². The van der Waals surface area contributed by atoms with E-state index in [1.165, 1.54) is 10.9 Å². The fourth-order valence-corrected chi connectivity index (χ4v) is 2.96. The van der Waals surface area contributed by atoms with Crippen LogP contribution < -0.4 is 5.32 Å². The van der Waals surface area contributed by atoms with Gasteiger partial charge in [-0.2, -0.15) is 0 Å². The molecule has 1 aliphatic heterocycles. The number of nitrogens with zero attached hydrogens (tertiary/aromatic N) is 1. The molecule has 0 aliphatic carbocycles. The number of H-pyrrole nitrogens is 1. The van der Waals surface area contributed by atoms with Crippen molar-refractivity contribution in [3.63, 3.8) is 0 Å². The maximum atomic E-state index is 9.83. The summed E-state index contributed by atoms with van der Waals surface area (Å²) in [7, 11) is 0. The predicted molar refractivity (Wildman–Crippen MR) is 77.2 cm³/mol. The zero-order valence-corrected chi connectivity index (χ0v) is 11.1. The summed E-state index contributed by atoms with van der Waals surface area (Å²) in [6, 6.07) is 8.39. The maximum absolute atomic E-state index is 9.83. The van der Waals surface area contributed by atoms with Crippen molar-refractivity contribution in [1.29, 1.82) is 0 Å². The standard InChI is InChI=1S/C15H21N3O/c19-11-15(18-8-3-6-16-7-9-18)13-10-17-14-5-2-1-4-12(13)14/h1-2,4-5,10,15-17,19H,3,6-9,11H2. The minimum Gasteiger partial charge on any atom is -0.394 e. The van der Waals surface area contributed by atoms with Crippen LogP contribution in [0, 0.1) is 0 Å². The predicted octanol–water partition coefficient (Wildman–Crippen LogP) is 1.50. The van der Waals surface area contributed by atoms with Crippen LogP contribution in [0.1, 0.15) is 18.0 Å². The molecule has 1 aliphatic rings. The molecule has 2 heterocycles. The van der Waals surface area contributed by atoms with Gasteiger partial charge in [0.05, 0.1) is 12.6 Å². The summed E-state index contributed by atoms with van der Waals surface area (Å²) < 4.78 is 0. The lowest BCUT2D eigenvalue weighted by molar-refractivity contribution is 0.131. The van der Waals surface area contributed by atoms with Gasteiger partial charge < -0.3 is 15.4 Å². The van der Waals surface area contributed by atoms with Crippen molar-refractivity contribution < 1.29 is 5.11 Å². The lowest BCUT2D eigenvalue weighted by Gasteiger charge is -2.28. The number of hydrogen-bond donors (Lipinski definition) is 3. The number of aliphatic hydroxyl groups is 1. The average Bonchev–Trinajstić information content (AvgIpc) is 2.69. The summed E-state index contributed by atoms with van der Waals surface area (Å²) in [5, 5.41) is 14.5. The molecule has 0 bridgehead atoms. The molecule has 1 atom stereocenters. The second-order valence-electron chi connectivity index (χ2n) is 5.13. The van der Waals surface area contributed by atoms with E-state index in [0.29, 0.717) is 0 Å². The minimum atomic E-state index is 0.0936. The zero-order valence-electron chi connectivity index (χ0n) is 11.1. The number of benzene rings is 1. The summed E-state index contributed by atoms with van der Waals surface area (Å²) in [6.45, 7) is 4.27. The second kappa shape index (κ2) is 5.74. The van der Waals surface area contributed by atoms with E-state index >= 15 is 0 Å². The number of aromatic nitrogens is 1. The van der Waals surface area contributed by atoms with Crippen molar-refractivity contribution in [3.05, 3.63) is 36.0 Å².